The predicted molar refractivity (Wildman–Crippen MR) is 38.6 cm³/mol. The Morgan fingerprint density at radius 2 is 2.00 bits per heavy atom. The molecule has 0 aromatic carbocycles. The molecule has 4 heteroatoms. The van der Waals surface area contributed by atoms with E-state index in [1.165, 1.54) is 0 Å². The molecule has 0 bridgehead atoms. The van der Waals surface area contributed by atoms with E-state index in [2.05, 4.69) is 5.32 Å². The first kappa shape index (κ1) is 7.05. The molecule has 1 aliphatic rings. The molecule has 10 heavy (non-hydrogen) atoms. The Labute approximate surface area is 59.6 Å². The Bertz CT molecular complexity index is 158. The van der Waals surface area contributed by atoms with Crippen molar-refractivity contribution in [2.24, 2.45) is 0 Å². The van der Waals surface area contributed by atoms with Crippen molar-refractivity contribution in [3.8, 4) is 0 Å². The summed E-state index contributed by atoms with van der Waals surface area (Å²) in [4.78, 5) is 0. The monoisotopic (exact) mass is 141 g/mol. The molecule has 2 atom stereocenters. The highest BCUT2D eigenvalue weighted by molar-refractivity contribution is 5.94. The number of hydrogen-bond acceptors (Lipinski definition) is 3. The van der Waals surface area contributed by atoms with Crippen LogP contribution in [0.15, 0.2) is 0 Å². The van der Waals surface area contributed by atoms with Gasteiger partial charge in [0.2, 0.25) is 5.90 Å². The van der Waals surface area contributed by atoms with Crippen LogP contribution in [0.5, 0.6) is 0 Å². The van der Waals surface area contributed by atoms with Crippen LogP contribution in [0.2, 0.25) is 0 Å². The fourth-order valence-corrected chi connectivity index (χ4v) is 0.768. The molecule has 0 aromatic rings. The molecule has 1 fully saturated rings. The van der Waals surface area contributed by atoms with Crippen LogP contribution in [-0.2, 0) is 4.74 Å². The normalized spacial score (nSPS) is 33.0. The van der Waals surface area contributed by atoms with Gasteiger partial charge in [-0.15, -0.1) is 0 Å². The van der Waals surface area contributed by atoms with Gasteiger partial charge in [-0.1, -0.05) is 0 Å². The van der Waals surface area contributed by atoms with Crippen LogP contribution in [0.4, 0.5) is 0 Å². The van der Waals surface area contributed by atoms with E-state index in [0.717, 1.165) is 0 Å². The van der Waals surface area contributed by atoms with Crippen LogP contribution in [0.25, 0.3) is 0 Å². The van der Waals surface area contributed by atoms with Crippen molar-refractivity contribution >= 4 is 11.7 Å². The topological polar surface area (TPSA) is 69.0 Å². The number of nitrogens with one attached hydrogen (secondary N) is 3. The molecule has 1 aliphatic heterocycles. The molecule has 0 saturated carbocycles. The van der Waals surface area contributed by atoms with Gasteiger partial charge >= 0.3 is 0 Å². The molecule has 1 rings (SSSR count). The maximum atomic E-state index is 7.28. The summed E-state index contributed by atoms with van der Waals surface area (Å²) in [6.07, 6.45) is -0.288. The molecular weight excluding hydrogens is 130 g/mol. The Morgan fingerprint density at radius 3 is 2.50 bits per heavy atom. The molecule has 0 unspecified atom stereocenters. The maximum absolute atomic E-state index is 7.28. The molecule has 3 N–H and O–H groups in total. The SMILES string of the molecule is C[C@@H]1NC(=N)[C@H](C)OC1=N. The van der Waals surface area contributed by atoms with Gasteiger partial charge in [0.25, 0.3) is 0 Å². The fourth-order valence-electron chi connectivity index (χ4n) is 0.768. The molecular formula is C6H11N3O. The first-order valence-corrected chi connectivity index (χ1v) is 3.21. The molecule has 4 nitrogen and oxygen atoms in total. The second kappa shape index (κ2) is 2.28. The minimum atomic E-state index is -0.288. The lowest BCUT2D eigenvalue weighted by Crippen LogP contribution is -2.50. The first-order valence-electron chi connectivity index (χ1n) is 3.21. The van der Waals surface area contributed by atoms with Gasteiger partial charge in [0.15, 0.2) is 6.10 Å². The minimum Gasteiger partial charge on any atom is -0.469 e. The number of hydrogen-bond donors (Lipinski definition) is 3. The summed E-state index contributed by atoms with van der Waals surface area (Å²) in [6.45, 7) is 3.54. The summed E-state index contributed by atoms with van der Waals surface area (Å²) in [5.74, 6) is 0.562. The van der Waals surface area contributed by atoms with Gasteiger partial charge < -0.3 is 10.1 Å². The van der Waals surface area contributed by atoms with Crippen molar-refractivity contribution in [3.05, 3.63) is 0 Å². The van der Waals surface area contributed by atoms with E-state index in [-0.39, 0.29) is 18.0 Å². The Hall–Kier alpha value is -1.06. The van der Waals surface area contributed by atoms with Gasteiger partial charge in [0.05, 0.1) is 0 Å². The van der Waals surface area contributed by atoms with Crippen LogP contribution < -0.4 is 5.32 Å². The highest BCUT2D eigenvalue weighted by Crippen LogP contribution is 2.02. The molecule has 0 aromatic heterocycles. The lowest BCUT2D eigenvalue weighted by molar-refractivity contribution is 0.234. The van der Waals surface area contributed by atoms with Crippen molar-refractivity contribution < 1.29 is 4.74 Å². The largest absolute Gasteiger partial charge is 0.469 e. The highest BCUT2D eigenvalue weighted by atomic mass is 16.5. The average molecular weight is 141 g/mol. The summed E-state index contributed by atoms with van der Waals surface area (Å²) in [5, 5.41) is 17.3. The molecule has 56 valence electrons. The van der Waals surface area contributed by atoms with E-state index in [0.29, 0.717) is 5.84 Å². The first-order chi connectivity index (χ1) is 4.61. The van der Waals surface area contributed by atoms with Gasteiger partial charge in [-0.3, -0.25) is 10.8 Å². The Kier molecular flexibility index (Phi) is 1.61. The Balaban J connectivity index is 2.63. The molecule has 1 saturated heterocycles. The van der Waals surface area contributed by atoms with E-state index >= 15 is 0 Å². The molecule has 0 spiro atoms. The van der Waals surface area contributed by atoms with Crippen LogP contribution in [0.1, 0.15) is 13.8 Å². The highest BCUT2D eigenvalue weighted by Gasteiger charge is 2.24. The summed E-state index contributed by atoms with van der Waals surface area (Å²) in [6, 6.07) is -0.149. The standard InChI is InChI=1S/C6H11N3O/c1-3-6(8)10-4(2)5(7)9-3/h3-4,8H,1-2H3,(H2,7,9)/t3-,4-/m0/s1. The van der Waals surface area contributed by atoms with Gasteiger partial charge in [0, 0.05) is 0 Å². The zero-order valence-corrected chi connectivity index (χ0v) is 6.06. The van der Waals surface area contributed by atoms with Gasteiger partial charge in [0.1, 0.15) is 11.9 Å². The third-order valence-electron chi connectivity index (χ3n) is 1.48. The maximum Gasteiger partial charge on any atom is 0.204 e. The molecule has 0 amide bonds. The van der Waals surface area contributed by atoms with E-state index in [1.807, 2.05) is 0 Å². The molecule has 1 heterocycles. The summed E-state index contributed by atoms with van der Waals surface area (Å²) < 4.78 is 5.01. The quantitative estimate of drug-likeness (QED) is 0.455. The summed E-state index contributed by atoms with van der Waals surface area (Å²) >= 11 is 0. The lowest BCUT2D eigenvalue weighted by Gasteiger charge is -2.28. The van der Waals surface area contributed by atoms with E-state index < -0.39 is 0 Å². The summed E-state index contributed by atoms with van der Waals surface area (Å²) in [7, 11) is 0. The minimum absolute atomic E-state index is 0.149. The average Bonchev–Trinajstić information content (AvgIpc) is 1.84. The third kappa shape index (κ3) is 1.10. The van der Waals surface area contributed by atoms with Crippen LogP contribution in [-0.4, -0.2) is 23.9 Å². The zero-order valence-electron chi connectivity index (χ0n) is 6.06. The molecule has 0 radical (unpaired) electrons. The third-order valence-corrected chi connectivity index (χ3v) is 1.48. The van der Waals surface area contributed by atoms with Crippen LogP contribution in [0, 0.1) is 10.8 Å². The number of amidine groups is 1. The summed E-state index contributed by atoms with van der Waals surface area (Å²) in [5.41, 5.74) is 0. The van der Waals surface area contributed by atoms with Gasteiger partial charge in [-0.05, 0) is 13.8 Å². The smallest absolute Gasteiger partial charge is 0.204 e. The van der Waals surface area contributed by atoms with Crippen molar-refractivity contribution in [2.45, 2.75) is 26.0 Å². The lowest BCUT2D eigenvalue weighted by atomic mass is 10.2. The van der Waals surface area contributed by atoms with Gasteiger partial charge in [-0.25, -0.2) is 0 Å². The predicted octanol–water partition coefficient (Wildman–Crippen LogP) is 0.338. The fraction of sp³-hybridized carbons (Fsp3) is 0.667. The van der Waals surface area contributed by atoms with E-state index in [1.54, 1.807) is 13.8 Å². The van der Waals surface area contributed by atoms with Crippen molar-refractivity contribution in [3.63, 3.8) is 0 Å². The van der Waals surface area contributed by atoms with Crippen LogP contribution in [0.3, 0.4) is 0 Å². The van der Waals surface area contributed by atoms with E-state index in [4.69, 9.17) is 15.6 Å². The zero-order chi connectivity index (χ0) is 7.72. The second-order valence-electron chi connectivity index (χ2n) is 2.40. The number of ether oxygens (including phenoxy) is 1. The number of rotatable bonds is 0. The van der Waals surface area contributed by atoms with Crippen molar-refractivity contribution in [2.75, 3.05) is 0 Å². The number of morpholine rings is 1. The van der Waals surface area contributed by atoms with Gasteiger partial charge in [-0.2, -0.15) is 0 Å². The van der Waals surface area contributed by atoms with Crippen molar-refractivity contribution in [1.29, 1.82) is 10.8 Å². The molecule has 0 aliphatic carbocycles. The Morgan fingerprint density at radius 1 is 1.40 bits per heavy atom. The van der Waals surface area contributed by atoms with Crippen molar-refractivity contribution in [1.82, 2.24) is 5.32 Å². The van der Waals surface area contributed by atoms with E-state index in [9.17, 15) is 0 Å². The van der Waals surface area contributed by atoms with Crippen LogP contribution >= 0.6 is 0 Å². The second-order valence-corrected chi connectivity index (χ2v) is 2.40.